The molecule has 0 fully saturated rings. The van der Waals surface area contributed by atoms with Crippen molar-refractivity contribution in [3.8, 4) is 0 Å². The van der Waals surface area contributed by atoms with E-state index in [4.69, 9.17) is 23.2 Å². The summed E-state index contributed by atoms with van der Waals surface area (Å²) < 4.78 is 41.2. The van der Waals surface area contributed by atoms with E-state index in [0.717, 1.165) is 4.31 Å². The van der Waals surface area contributed by atoms with Gasteiger partial charge in [-0.1, -0.05) is 53.5 Å². The summed E-state index contributed by atoms with van der Waals surface area (Å²) in [4.78, 5) is -0.0296. The van der Waals surface area contributed by atoms with Crippen LogP contribution in [0.25, 0.3) is 0 Å². The van der Waals surface area contributed by atoms with Crippen molar-refractivity contribution in [2.45, 2.75) is 11.4 Å². The summed E-state index contributed by atoms with van der Waals surface area (Å²) in [5, 5.41) is 0.500. The monoisotopic (exact) mass is 409 g/mol. The molecule has 0 aliphatic heterocycles. The maximum atomic E-state index is 13.6. The normalized spacial score (nSPS) is 11.3. The average Bonchev–Trinajstić information content (AvgIpc) is 2.60. The minimum absolute atomic E-state index is 0.0296. The highest BCUT2D eigenvalue weighted by atomic mass is 35.5. The number of nitrogens with zero attached hydrogens (tertiary/aromatic N) is 1. The summed E-state index contributed by atoms with van der Waals surface area (Å²) >= 11 is 12.1. The van der Waals surface area contributed by atoms with Gasteiger partial charge in [0.25, 0.3) is 10.0 Å². The van der Waals surface area contributed by atoms with Gasteiger partial charge in [0.05, 0.1) is 17.3 Å². The molecule has 7 heteroatoms. The fourth-order valence-electron chi connectivity index (χ4n) is 2.52. The summed E-state index contributed by atoms with van der Waals surface area (Å²) in [6, 6.07) is 18.4. The lowest BCUT2D eigenvalue weighted by atomic mass is 10.2. The van der Waals surface area contributed by atoms with Crippen LogP contribution in [0.1, 0.15) is 5.56 Å². The Morgan fingerprint density at radius 2 is 1.62 bits per heavy atom. The molecule has 3 nitrogen and oxygen atoms in total. The zero-order valence-corrected chi connectivity index (χ0v) is 15.8. The lowest BCUT2D eigenvalue weighted by Gasteiger charge is -2.25. The number of sulfonamides is 1. The van der Waals surface area contributed by atoms with E-state index in [9.17, 15) is 12.8 Å². The summed E-state index contributed by atoms with van der Waals surface area (Å²) in [6.45, 7) is -0.0638. The van der Waals surface area contributed by atoms with Gasteiger partial charge in [-0.05, 0) is 48.0 Å². The zero-order valence-electron chi connectivity index (χ0n) is 13.4. The van der Waals surface area contributed by atoms with Crippen molar-refractivity contribution in [3.05, 3.63) is 94.2 Å². The lowest BCUT2D eigenvalue weighted by molar-refractivity contribution is 0.589. The highest BCUT2D eigenvalue weighted by molar-refractivity contribution is 7.93. The predicted molar refractivity (Wildman–Crippen MR) is 103 cm³/mol. The first-order chi connectivity index (χ1) is 12.4. The molecule has 26 heavy (non-hydrogen) atoms. The Kier molecular flexibility index (Phi) is 5.51. The Morgan fingerprint density at radius 1 is 0.885 bits per heavy atom. The maximum Gasteiger partial charge on any atom is 0.266 e. The second-order valence-corrected chi connectivity index (χ2v) is 8.23. The summed E-state index contributed by atoms with van der Waals surface area (Å²) in [5.74, 6) is -0.441. The van der Waals surface area contributed by atoms with Crippen molar-refractivity contribution in [1.82, 2.24) is 0 Å². The first kappa shape index (κ1) is 18.7. The first-order valence-corrected chi connectivity index (χ1v) is 9.85. The fourth-order valence-corrected chi connectivity index (χ4v) is 4.65. The second-order valence-electron chi connectivity index (χ2n) is 5.55. The third-order valence-corrected chi connectivity index (χ3v) is 6.22. The van der Waals surface area contributed by atoms with E-state index in [0.29, 0.717) is 16.3 Å². The van der Waals surface area contributed by atoms with Crippen LogP contribution in [0.2, 0.25) is 10.0 Å². The third-order valence-electron chi connectivity index (χ3n) is 3.72. The van der Waals surface area contributed by atoms with E-state index in [1.54, 1.807) is 36.4 Å². The molecule has 0 radical (unpaired) electrons. The molecule has 0 aliphatic carbocycles. The van der Waals surface area contributed by atoms with Crippen molar-refractivity contribution in [2.24, 2.45) is 0 Å². The van der Waals surface area contributed by atoms with Gasteiger partial charge in [0.15, 0.2) is 0 Å². The molecule has 0 bridgehead atoms. The highest BCUT2D eigenvalue weighted by Gasteiger charge is 2.27. The molecule has 3 aromatic rings. The molecule has 0 saturated carbocycles. The Bertz CT molecular complexity index is 1040. The number of benzene rings is 3. The van der Waals surface area contributed by atoms with Gasteiger partial charge in [0.2, 0.25) is 0 Å². The molecule has 0 unspecified atom stereocenters. The van der Waals surface area contributed by atoms with Crippen LogP contribution < -0.4 is 4.31 Å². The second kappa shape index (κ2) is 7.66. The quantitative estimate of drug-likeness (QED) is 0.555. The Hall–Kier alpha value is -2.08. The Labute approximate surface area is 161 Å². The molecule has 0 atom stereocenters. The van der Waals surface area contributed by atoms with Gasteiger partial charge in [-0.15, -0.1) is 0 Å². The standard InChI is InChI=1S/C19H14Cl2FNO2S/c20-15-6-4-8-17(12-15)23(13-14-5-3-7-16(22)11-14)26(24,25)19-10-2-1-9-18(19)21/h1-12H,13H2. The molecule has 0 aliphatic rings. The van der Waals surface area contributed by atoms with Gasteiger partial charge in [-0.2, -0.15) is 0 Å². The van der Waals surface area contributed by atoms with Crippen molar-refractivity contribution in [1.29, 1.82) is 0 Å². The van der Waals surface area contributed by atoms with Crippen molar-refractivity contribution >= 4 is 38.9 Å². The Morgan fingerprint density at radius 3 is 2.31 bits per heavy atom. The molecule has 0 heterocycles. The Balaban J connectivity index is 2.13. The van der Waals surface area contributed by atoms with Crippen LogP contribution in [-0.2, 0) is 16.6 Å². The molecular formula is C19H14Cl2FNO2S. The summed E-state index contributed by atoms with van der Waals surface area (Å²) in [6.07, 6.45) is 0. The van der Waals surface area contributed by atoms with E-state index in [-0.39, 0.29) is 16.5 Å². The smallest absolute Gasteiger partial charge is 0.262 e. The molecule has 0 saturated heterocycles. The molecule has 3 rings (SSSR count). The highest BCUT2D eigenvalue weighted by Crippen LogP contribution is 2.31. The first-order valence-electron chi connectivity index (χ1n) is 7.65. The fraction of sp³-hybridized carbons (Fsp3) is 0.0526. The van der Waals surface area contributed by atoms with Crippen LogP contribution in [0, 0.1) is 5.82 Å². The van der Waals surface area contributed by atoms with E-state index < -0.39 is 15.8 Å². The van der Waals surface area contributed by atoms with Crippen LogP contribution in [-0.4, -0.2) is 8.42 Å². The van der Waals surface area contributed by atoms with Crippen LogP contribution in [0.5, 0.6) is 0 Å². The summed E-state index contributed by atoms with van der Waals surface area (Å²) in [7, 11) is -3.99. The molecule has 3 aromatic carbocycles. The number of anilines is 1. The average molecular weight is 410 g/mol. The van der Waals surface area contributed by atoms with Crippen LogP contribution in [0.4, 0.5) is 10.1 Å². The summed E-state index contributed by atoms with van der Waals surface area (Å²) in [5.41, 5.74) is 0.863. The minimum Gasteiger partial charge on any atom is -0.262 e. The van der Waals surface area contributed by atoms with E-state index >= 15 is 0 Å². The van der Waals surface area contributed by atoms with Gasteiger partial charge < -0.3 is 0 Å². The van der Waals surface area contributed by atoms with E-state index in [1.807, 2.05) is 0 Å². The predicted octanol–water partition coefficient (Wildman–Crippen LogP) is 5.53. The molecule has 0 spiro atoms. The van der Waals surface area contributed by atoms with E-state index in [2.05, 4.69) is 0 Å². The van der Waals surface area contributed by atoms with E-state index in [1.165, 1.54) is 36.4 Å². The van der Waals surface area contributed by atoms with Crippen LogP contribution in [0.3, 0.4) is 0 Å². The van der Waals surface area contributed by atoms with Crippen molar-refractivity contribution in [2.75, 3.05) is 4.31 Å². The van der Waals surface area contributed by atoms with Gasteiger partial charge >= 0.3 is 0 Å². The molecular weight excluding hydrogens is 396 g/mol. The minimum atomic E-state index is -3.99. The molecule has 134 valence electrons. The number of rotatable bonds is 5. The van der Waals surface area contributed by atoms with Gasteiger partial charge in [-0.3, -0.25) is 4.31 Å². The number of halogens is 3. The van der Waals surface area contributed by atoms with Crippen molar-refractivity contribution in [3.63, 3.8) is 0 Å². The van der Waals surface area contributed by atoms with Crippen LogP contribution in [0.15, 0.2) is 77.7 Å². The topological polar surface area (TPSA) is 37.4 Å². The maximum absolute atomic E-state index is 13.6. The van der Waals surface area contributed by atoms with Crippen molar-refractivity contribution < 1.29 is 12.8 Å². The molecule has 0 aromatic heterocycles. The van der Waals surface area contributed by atoms with Crippen LogP contribution >= 0.6 is 23.2 Å². The lowest BCUT2D eigenvalue weighted by Crippen LogP contribution is -2.30. The SMILES string of the molecule is O=S(=O)(c1ccccc1Cl)N(Cc1cccc(F)c1)c1cccc(Cl)c1. The zero-order chi connectivity index (χ0) is 18.7. The third kappa shape index (κ3) is 4.01. The van der Waals surface area contributed by atoms with Gasteiger partial charge in [0, 0.05) is 5.02 Å². The largest absolute Gasteiger partial charge is 0.266 e. The van der Waals surface area contributed by atoms with Gasteiger partial charge in [-0.25, -0.2) is 12.8 Å². The number of hydrogen-bond acceptors (Lipinski definition) is 2. The molecule has 0 N–H and O–H groups in total. The number of hydrogen-bond donors (Lipinski definition) is 0. The molecule has 0 amide bonds. The van der Waals surface area contributed by atoms with Gasteiger partial charge in [0.1, 0.15) is 10.7 Å².